The summed E-state index contributed by atoms with van der Waals surface area (Å²) in [7, 11) is -1.27. The number of ether oxygens (including phenoxy) is 2. The van der Waals surface area contributed by atoms with Gasteiger partial charge in [-0.3, -0.25) is 0 Å². The van der Waals surface area contributed by atoms with Gasteiger partial charge in [-0.25, -0.2) is 18.6 Å². The first-order valence-electron chi connectivity index (χ1n) is 12.3. The molecule has 2 aromatic heterocycles. The Kier molecular flexibility index (Phi) is 8.40. The zero-order chi connectivity index (χ0) is 26.7. The van der Waals surface area contributed by atoms with Gasteiger partial charge in [0.25, 0.3) is 0 Å². The van der Waals surface area contributed by atoms with Crippen molar-refractivity contribution in [2.75, 3.05) is 26.3 Å². The minimum absolute atomic E-state index is 0.166. The molecule has 0 bridgehead atoms. The van der Waals surface area contributed by atoms with Gasteiger partial charge in [0, 0.05) is 51.7 Å². The molecule has 11 heteroatoms. The van der Waals surface area contributed by atoms with E-state index < -0.39 is 25.8 Å². The van der Waals surface area contributed by atoms with Crippen molar-refractivity contribution in [3.05, 3.63) is 47.2 Å². The molecule has 1 aliphatic heterocycles. The lowest BCUT2D eigenvalue weighted by Crippen LogP contribution is -2.38. The number of fused-ring (bicyclic) bond motifs is 1. The molecule has 7 nitrogen and oxygen atoms in total. The van der Waals surface area contributed by atoms with Gasteiger partial charge in [0.1, 0.15) is 34.9 Å². The summed E-state index contributed by atoms with van der Waals surface area (Å²) in [6.45, 7) is 8.89. The second kappa shape index (κ2) is 11.4. The van der Waals surface area contributed by atoms with Crippen LogP contribution >= 0.6 is 11.6 Å². The Morgan fingerprint density at radius 1 is 1.16 bits per heavy atom. The van der Waals surface area contributed by atoms with E-state index in [1.807, 2.05) is 0 Å². The van der Waals surface area contributed by atoms with Gasteiger partial charge in [0.15, 0.2) is 0 Å². The molecule has 1 N–H and O–H groups in total. The third-order valence-electron chi connectivity index (χ3n) is 6.52. The number of carboxylic acid groups (broad SMARTS) is 1. The largest absolute Gasteiger partial charge is 0.492 e. The van der Waals surface area contributed by atoms with Gasteiger partial charge in [-0.15, -0.1) is 0 Å². The van der Waals surface area contributed by atoms with Crippen LogP contribution < -0.4 is 4.74 Å². The Labute approximate surface area is 221 Å². The van der Waals surface area contributed by atoms with E-state index in [9.17, 15) is 18.7 Å². The SMILES string of the molecule is C[Si](C)(C)CCOCn1cc(-c2cc(F)cc(F)c2)c2c(OCC3CCN(C(=O)O)CC3)cc(Cl)nc21. The van der Waals surface area contributed by atoms with E-state index in [-0.39, 0.29) is 17.8 Å². The molecule has 37 heavy (non-hydrogen) atoms. The molecule has 0 saturated carbocycles. The van der Waals surface area contributed by atoms with E-state index in [0.29, 0.717) is 67.1 Å². The number of hydrogen-bond donors (Lipinski definition) is 1. The van der Waals surface area contributed by atoms with Gasteiger partial charge in [-0.2, -0.15) is 0 Å². The molecule has 3 aromatic rings. The van der Waals surface area contributed by atoms with Crippen LogP contribution in [0.2, 0.25) is 30.8 Å². The summed E-state index contributed by atoms with van der Waals surface area (Å²) in [4.78, 5) is 17.1. The van der Waals surface area contributed by atoms with Crippen LogP contribution in [0.4, 0.5) is 13.6 Å². The summed E-state index contributed by atoms with van der Waals surface area (Å²) in [6.07, 6.45) is 2.21. The summed E-state index contributed by atoms with van der Waals surface area (Å²) in [5, 5.41) is 10.0. The molecule has 0 unspecified atom stereocenters. The third kappa shape index (κ3) is 7.00. The maximum Gasteiger partial charge on any atom is 0.407 e. The Morgan fingerprint density at radius 2 is 1.84 bits per heavy atom. The zero-order valence-electron chi connectivity index (χ0n) is 21.3. The summed E-state index contributed by atoms with van der Waals surface area (Å²) in [5.74, 6) is -0.746. The van der Waals surface area contributed by atoms with Crippen LogP contribution in [-0.2, 0) is 11.5 Å². The molecule has 200 valence electrons. The number of aromatic nitrogens is 2. The van der Waals surface area contributed by atoms with Crippen LogP contribution in [0.15, 0.2) is 30.5 Å². The monoisotopic (exact) mass is 551 g/mol. The number of rotatable bonds is 9. The molecule has 4 rings (SSSR count). The first-order valence-corrected chi connectivity index (χ1v) is 16.4. The predicted molar refractivity (Wildman–Crippen MR) is 142 cm³/mol. The Morgan fingerprint density at radius 3 is 2.46 bits per heavy atom. The lowest BCUT2D eigenvalue weighted by atomic mass is 9.98. The highest BCUT2D eigenvalue weighted by molar-refractivity contribution is 6.76. The highest BCUT2D eigenvalue weighted by Crippen LogP contribution is 2.39. The molecule has 1 amide bonds. The molecule has 1 aromatic carbocycles. The highest BCUT2D eigenvalue weighted by atomic mass is 35.5. The average molecular weight is 552 g/mol. The Balaban J connectivity index is 1.65. The van der Waals surface area contributed by atoms with Crippen LogP contribution in [0.25, 0.3) is 22.2 Å². The lowest BCUT2D eigenvalue weighted by Gasteiger charge is -2.29. The van der Waals surface area contributed by atoms with Crippen molar-refractivity contribution < 1.29 is 28.2 Å². The van der Waals surface area contributed by atoms with Crippen molar-refractivity contribution in [3.63, 3.8) is 0 Å². The van der Waals surface area contributed by atoms with Crippen LogP contribution in [-0.4, -0.2) is 60.0 Å². The summed E-state index contributed by atoms with van der Waals surface area (Å²) >= 11 is 6.37. The third-order valence-corrected chi connectivity index (χ3v) is 8.42. The van der Waals surface area contributed by atoms with Crippen molar-refractivity contribution in [1.82, 2.24) is 14.5 Å². The smallest absolute Gasteiger partial charge is 0.407 e. The Hall–Kier alpha value is -2.69. The van der Waals surface area contributed by atoms with Gasteiger partial charge >= 0.3 is 6.09 Å². The summed E-state index contributed by atoms with van der Waals surface area (Å²) in [5.41, 5.74) is 1.41. The van der Waals surface area contributed by atoms with E-state index in [2.05, 4.69) is 24.6 Å². The van der Waals surface area contributed by atoms with Crippen LogP contribution in [0.3, 0.4) is 0 Å². The van der Waals surface area contributed by atoms with Gasteiger partial charge in [-0.1, -0.05) is 31.2 Å². The fourth-order valence-electron chi connectivity index (χ4n) is 4.40. The number of likely N-dealkylation sites (tertiary alicyclic amines) is 1. The van der Waals surface area contributed by atoms with Crippen LogP contribution in [0, 0.1) is 17.6 Å². The molecule has 3 heterocycles. The molecular weight excluding hydrogens is 520 g/mol. The highest BCUT2D eigenvalue weighted by Gasteiger charge is 2.24. The van der Waals surface area contributed by atoms with Crippen molar-refractivity contribution in [2.24, 2.45) is 5.92 Å². The lowest BCUT2D eigenvalue weighted by molar-refractivity contribution is 0.0899. The molecule has 0 aliphatic carbocycles. The second-order valence-corrected chi connectivity index (χ2v) is 16.7. The Bertz CT molecular complexity index is 1250. The number of nitrogens with zero attached hydrogens (tertiary/aromatic N) is 3. The number of piperidine rings is 1. The van der Waals surface area contributed by atoms with E-state index in [1.54, 1.807) is 16.8 Å². The molecular formula is C26H32ClF2N3O4Si. The van der Waals surface area contributed by atoms with Crippen molar-refractivity contribution in [2.45, 2.75) is 45.3 Å². The van der Waals surface area contributed by atoms with Crippen LogP contribution in [0.5, 0.6) is 5.75 Å². The van der Waals surface area contributed by atoms with E-state index in [1.165, 1.54) is 17.0 Å². The number of pyridine rings is 1. The zero-order valence-corrected chi connectivity index (χ0v) is 23.0. The number of halogens is 3. The molecule has 0 atom stereocenters. The number of amides is 1. The van der Waals surface area contributed by atoms with Gasteiger partial charge in [0.2, 0.25) is 0 Å². The molecule has 0 radical (unpaired) electrons. The molecule has 0 spiro atoms. The minimum atomic E-state index is -1.27. The number of carbonyl (C=O) groups is 1. The first kappa shape index (κ1) is 27.3. The first-order chi connectivity index (χ1) is 17.5. The average Bonchev–Trinajstić information content (AvgIpc) is 3.18. The number of benzene rings is 1. The molecule has 1 fully saturated rings. The van der Waals surface area contributed by atoms with Gasteiger partial charge in [0.05, 0.1) is 12.0 Å². The maximum absolute atomic E-state index is 14.1. The minimum Gasteiger partial charge on any atom is -0.492 e. The predicted octanol–water partition coefficient (Wildman–Crippen LogP) is 6.72. The van der Waals surface area contributed by atoms with E-state index in [4.69, 9.17) is 21.1 Å². The summed E-state index contributed by atoms with van der Waals surface area (Å²) in [6, 6.07) is 5.98. The van der Waals surface area contributed by atoms with Gasteiger partial charge in [-0.05, 0) is 42.5 Å². The second-order valence-electron chi connectivity index (χ2n) is 10.7. The topological polar surface area (TPSA) is 76.8 Å². The van der Waals surface area contributed by atoms with Crippen molar-refractivity contribution in [1.29, 1.82) is 0 Å². The number of hydrogen-bond acceptors (Lipinski definition) is 4. The van der Waals surface area contributed by atoms with Crippen molar-refractivity contribution in [3.8, 4) is 16.9 Å². The van der Waals surface area contributed by atoms with E-state index >= 15 is 0 Å². The van der Waals surface area contributed by atoms with E-state index in [0.717, 1.165) is 12.1 Å². The quantitative estimate of drug-likeness (QED) is 0.181. The van der Waals surface area contributed by atoms with Gasteiger partial charge < -0.3 is 24.0 Å². The fourth-order valence-corrected chi connectivity index (χ4v) is 5.34. The van der Waals surface area contributed by atoms with Crippen LogP contribution in [0.1, 0.15) is 12.8 Å². The summed E-state index contributed by atoms with van der Waals surface area (Å²) < 4.78 is 42.2. The molecule has 1 aliphatic rings. The maximum atomic E-state index is 14.1. The fraction of sp³-hybridized carbons (Fsp3) is 0.462. The normalized spacial score (nSPS) is 14.9. The van der Waals surface area contributed by atoms with Crippen molar-refractivity contribution >= 4 is 36.8 Å². The standard InChI is InChI=1S/C26H32ClF2N3O4Si/c1-37(2,3)9-8-35-16-32-14-21(18-10-19(28)12-20(29)11-18)24-22(13-23(27)30-25(24)32)36-15-17-4-6-31(7-5-17)26(33)34/h10-14,17H,4-9,15-16H2,1-3H3,(H,33,34). The molecule has 1 saturated heterocycles.